The first-order chi connectivity index (χ1) is 14.4. The molecule has 9 nitrogen and oxygen atoms in total. The third-order valence-corrected chi connectivity index (χ3v) is 5.38. The van der Waals surface area contributed by atoms with Gasteiger partial charge in [0.15, 0.2) is 17.8 Å². The molecule has 2 aliphatic heterocycles. The zero-order chi connectivity index (χ0) is 21.4. The van der Waals surface area contributed by atoms with Crippen molar-refractivity contribution in [1.29, 1.82) is 0 Å². The highest BCUT2D eigenvalue weighted by Crippen LogP contribution is 2.30. The number of phenols is 2. The summed E-state index contributed by atoms with van der Waals surface area (Å²) in [4.78, 5) is 51.3. The number of amides is 3. The number of piperazine rings is 1. The molecule has 1 saturated heterocycles. The van der Waals surface area contributed by atoms with Gasteiger partial charge in [-0.2, -0.15) is 0 Å². The fourth-order valence-electron chi connectivity index (χ4n) is 3.70. The molecular formula is C21H19N3O6. The Hall–Kier alpha value is -3.88. The maximum Gasteiger partial charge on any atom is 0.254 e. The first kappa shape index (κ1) is 19.4. The number of benzene rings is 2. The lowest BCUT2D eigenvalue weighted by atomic mass is 10.0. The van der Waals surface area contributed by atoms with Gasteiger partial charge in [-0.1, -0.05) is 0 Å². The van der Waals surface area contributed by atoms with E-state index in [4.69, 9.17) is 0 Å². The number of hydrogen-bond acceptors (Lipinski definition) is 6. The van der Waals surface area contributed by atoms with Crippen molar-refractivity contribution in [2.24, 2.45) is 0 Å². The Morgan fingerprint density at radius 2 is 1.57 bits per heavy atom. The second-order valence-electron chi connectivity index (χ2n) is 7.19. The number of phenolic OH excluding ortho intramolecular Hbond substituents is 2. The molecule has 0 aliphatic carbocycles. The Labute approximate surface area is 171 Å². The van der Waals surface area contributed by atoms with Gasteiger partial charge in [-0.25, -0.2) is 0 Å². The van der Waals surface area contributed by atoms with Crippen LogP contribution in [-0.2, 0) is 6.54 Å². The van der Waals surface area contributed by atoms with Crippen molar-refractivity contribution in [2.75, 3.05) is 26.2 Å². The summed E-state index contributed by atoms with van der Waals surface area (Å²) in [7, 11) is 0. The molecule has 30 heavy (non-hydrogen) atoms. The van der Waals surface area contributed by atoms with Crippen LogP contribution in [0.2, 0.25) is 0 Å². The van der Waals surface area contributed by atoms with Gasteiger partial charge in [0.05, 0.1) is 5.56 Å². The lowest BCUT2D eigenvalue weighted by molar-refractivity contribution is 0.0535. The van der Waals surface area contributed by atoms with Crippen LogP contribution in [0.25, 0.3) is 0 Å². The minimum atomic E-state index is -0.566. The van der Waals surface area contributed by atoms with Gasteiger partial charge in [0, 0.05) is 49.4 Å². The molecule has 3 amide bonds. The summed E-state index contributed by atoms with van der Waals surface area (Å²) in [5.74, 6) is -1.82. The monoisotopic (exact) mass is 409 g/mol. The predicted octanol–water partition coefficient (Wildman–Crippen LogP) is 0.752. The Kier molecular flexibility index (Phi) is 4.86. The molecule has 2 aliphatic rings. The molecule has 0 saturated carbocycles. The largest absolute Gasteiger partial charge is 0.504 e. The van der Waals surface area contributed by atoms with Gasteiger partial charge in [-0.3, -0.25) is 19.2 Å². The van der Waals surface area contributed by atoms with E-state index in [1.807, 2.05) is 0 Å². The fourth-order valence-corrected chi connectivity index (χ4v) is 3.70. The molecule has 0 unspecified atom stereocenters. The van der Waals surface area contributed by atoms with Gasteiger partial charge < -0.3 is 25.3 Å². The van der Waals surface area contributed by atoms with Crippen LogP contribution in [0.5, 0.6) is 11.5 Å². The van der Waals surface area contributed by atoms with E-state index in [2.05, 4.69) is 5.32 Å². The van der Waals surface area contributed by atoms with Gasteiger partial charge >= 0.3 is 0 Å². The van der Waals surface area contributed by atoms with E-state index in [-0.39, 0.29) is 36.0 Å². The lowest BCUT2D eigenvalue weighted by Gasteiger charge is -2.35. The highest BCUT2D eigenvalue weighted by Gasteiger charge is 2.28. The number of aromatic hydroxyl groups is 2. The van der Waals surface area contributed by atoms with Crippen molar-refractivity contribution < 1.29 is 29.4 Å². The Bertz CT molecular complexity index is 1070. The number of carbonyl (C=O) groups excluding carboxylic acids is 4. The first-order valence-electron chi connectivity index (χ1n) is 9.40. The van der Waals surface area contributed by atoms with Crippen molar-refractivity contribution in [3.05, 3.63) is 58.1 Å². The number of fused-ring (bicyclic) bond motifs is 1. The number of nitrogens with one attached hydrogen (secondary N) is 1. The van der Waals surface area contributed by atoms with Crippen LogP contribution in [0.1, 0.15) is 47.0 Å². The third kappa shape index (κ3) is 3.34. The molecule has 2 aromatic carbocycles. The van der Waals surface area contributed by atoms with E-state index in [1.54, 1.807) is 23.1 Å². The molecule has 9 heteroatoms. The molecule has 0 atom stereocenters. The minimum Gasteiger partial charge on any atom is -0.504 e. The van der Waals surface area contributed by atoms with Gasteiger partial charge in [0.2, 0.25) is 0 Å². The number of rotatable bonds is 3. The normalized spacial score (nSPS) is 15.5. The summed E-state index contributed by atoms with van der Waals surface area (Å²) in [5, 5.41) is 22.1. The topological polar surface area (TPSA) is 127 Å². The molecule has 2 heterocycles. The van der Waals surface area contributed by atoms with Gasteiger partial charge in [-0.15, -0.1) is 0 Å². The van der Waals surface area contributed by atoms with Crippen LogP contribution in [0.3, 0.4) is 0 Å². The summed E-state index contributed by atoms with van der Waals surface area (Å²) in [6, 6.07) is 7.33. The molecule has 0 bridgehead atoms. The second-order valence-corrected chi connectivity index (χ2v) is 7.19. The van der Waals surface area contributed by atoms with Crippen molar-refractivity contribution in [1.82, 2.24) is 15.1 Å². The smallest absolute Gasteiger partial charge is 0.254 e. The zero-order valence-electron chi connectivity index (χ0n) is 15.9. The second kappa shape index (κ2) is 7.51. The average molecular weight is 409 g/mol. The Morgan fingerprint density at radius 1 is 0.933 bits per heavy atom. The molecular weight excluding hydrogens is 390 g/mol. The quantitative estimate of drug-likeness (QED) is 0.507. The maximum atomic E-state index is 12.8. The van der Waals surface area contributed by atoms with E-state index in [1.165, 1.54) is 11.0 Å². The highest BCUT2D eigenvalue weighted by atomic mass is 16.3. The summed E-state index contributed by atoms with van der Waals surface area (Å²) in [6.07, 6.45) is 0.363. The molecule has 0 radical (unpaired) electrons. The van der Waals surface area contributed by atoms with Gasteiger partial charge in [0.25, 0.3) is 17.7 Å². The third-order valence-electron chi connectivity index (χ3n) is 5.38. The summed E-state index contributed by atoms with van der Waals surface area (Å²) < 4.78 is 0. The van der Waals surface area contributed by atoms with Crippen molar-refractivity contribution >= 4 is 24.0 Å². The van der Waals surface area contributed by atoms with Crippen molar-refractivity contribution in [3.8, 4) is 11.5 Å². The Balaban J connectivity index is 1.43. The van der Waals surface area contributed by atoms with Gasteiger partial charge in [-0.05, 0) is 35.9 Å². The van der Waals surface area contributed by atoms with Crippen LogP contribution >= 0.6 is 0 Å². The lowest BCUT2D eigenvalue weighted by Crippen LogP contribution is -2.50. The average Bonchev–Trinajstić information content (AvgIpc) is 3.14. The highest BCUT2D eigenvalue weighted by molar-refractivity contribution is 6.01. The summed E-state index contributed by atoms with van der Waals surface area (Å²) in [5.41, 5.74) is 1.77. The SMILES string of the molecule is O=Cc1cc(C(=O)N2CCN(C(=O)c3ccc4c(c3)CNC4=O)CC2)cc(O)c1O. The van der Waals surface area contributed by atoms with Crippen LogP contribution in [-0.4, -0.2) is 70.2 Å². The maximum absolute atomic E-state index is 12.8. The molecule has 3 N–H and O–H groups in total. The number of hydrogen-bond donors (Lipinski definition) is 3. The van der Waals surface area contributed by atoms with Crippen molar-refractivity contribution in [2.45, 2.75) is 6.54 Å². The summed E-state index contributed by atoms with van der Waals surface area (Å²) in [6.45, 7) is 1.62. The molecule has 4 rings (SSSR count). The van der Waals surface area contributed by atoms with Gasteiger partial charge in [0.1, 0.15) is 0 Å². The molecule has 1 fully saturated rings. The first-order valence-corrected chi connectivity index (χ1v) is 9.40. The van der Waals surface area contributed by atoms with Crippen LogP contribution in [0.15, 0.2) is 30.3 Å². The molecule has 2 aromatic rings. The molecule has 154 valence electrons. The van der Waals surface area contributed by atoms with E-state index in [0.29, 0.717) is 37.0 Å². The number of aldehydes is 1. The predicted molar refractivity (Wildman–Crippen MR) is 105 cm³/mol. The van der Waals surface area contributed by atoms with E-state index in [0.717, 1.165) is 11.6 Å². The zero-order valence-corrected chi connectivity index (χ0v) is 15.9. The van der Waals surface area contributed by atoms with E-state index >= 15 is 0 Å². The minimum absolute atomic E-state index is 0.0861. The van der Waals surface area contributed by atoms with Crippen LogP contribution in [0.4, 0.5) is 0 Å². The molecule has 0 spiro atoms. The standard InChI is InChI=1S/C21H19N3O6/c25-11-15-8-13(9-17(26)18(15)27)21(30)24-5-3-23(4-6-24)20(29)12-1-2-16-14(7-12)10-22-19(16)28/h1-2,7-9,11,26-27H,3-6,10H2,(H,22,28). The van der Waals surface area contributed by atoms with E-state index in [9.17, 15) is 29.4 Å². The van der Waals surface area contributed by atoms with Crippen molar-refractivity contribution in [3.63, 3.8) is 0 Å². The van der Waals surface area contributed by atoms with Crippen LogP contribution < -0.4 is 5.32 Å². The number of nitrogens with zero attached hydrogens (tertiary/aromatic N) is 2. The summed E-state index contributed by atoms with van der Waals surface area (Å²) >= 11 is 0. The van der Waals surface area contributed by atoms with Crippen LogP contribution in [0, 0.1) is 0 Å². The fraction of sp³-hybridized carbons (Fsp3) is 0.238. The Morgan fingerprint density at radius 3 is 2.20 bits per heavy atom. The van der Waals surface area contributed by atoms with E-state index < -0.39 is 17.4 Å². The molecule has 0 aromatic heterocycles. The number of carbonyl (C=O) groups is 4.